The smallest absolute Gasteiger partial charge is 0.305 e. The first-order chi connectivity index (χ1) is 12.5. The quantitative estimate of drug-likeness (QED) is 0.531. The molecule has 4 heteroatoms. The van der Waals surface area contributed by atoms with E-state index >= 15 is 0 Å². The zero-order valence-electron chi connectivity index (χ0n) is 16.2. The minimum Gasteiger partial charge on any atom is -0.465 e. The lowest BCUT2D eigenvalue weighted by Crippen LogP contribution is -2.25. The Labute approximate surface area is 157 Å². The first kappa shape index (κ1) is 20.6. The van der Waals surface area contributed by atoms with Crippen molar-refractivity contribution >= 4 is 11.8 Å². The third-order valence-corrected chi connectivity index (χ3v) is 5.36. The van der Waals surface area contributed by atoms with Gasteiger partial charge in [-0.05, 0) is 62.5 Å². The molecule has 26 heavy (non-hydrogen) atoms. The summed E-state index contributed by atoms with van der Waals surface area (Å²) in [6.07, 6.45) is 6.20. The topological polar surface area (TPSA) is 69.4 Å². The van der Waals surface area contributed by atoms with E-state index in [1.807, 2.05) is 31.2 Å². The first-order valence-electron chi connectivity index (χ1n) is 10.0. The molecule has 0 amide bonds. The lowest BCUT2D eigenvalue weighted by molar-refractivity contribution is -0.144. The van der Waals surface area contributed by atoms with Gasteiger partial charge in [-0.15, -0.1) is 0 Å². The van der Waals surface area contributed by atoms with Crippen molar-refractivity contribution in [1.29, 1.82) is 0 Å². The molecule has 1 unspecified atom stereocenters. The highest BCUT2D eigenvalue weighted by Crippen LogP contribution is 2.30. The number of esters is 1. The first-order valence-corrected chi connectivity index (χ1v) is 10.0. The van der Waals surface area contributed by atoms with Gasteiger partial charge in [0.25, 0.3) is 0 Å². The summed E-state index contributed by atoms with van der Waals surface area (Å²) in [5.74, 6) is 1.16. The summed E-state index contributed by atoms with van der Waals surface area (Å²) in [6, 6.07) is 7.96. The predicted octanol–water partition coefficient (Wildman–Crippen LogP) is 4.16. The Balaban J connectivity index is 1.82. The van der Waals surface area contributed by atoms with E-state index in [0.29, 0.717) is 18.9 Å². The third-order valence-electron chi connectivity index (χ3n) is 5.36. The van der Waals surface area contributed by atoms with Crippen molar-refractivity contribution in [2.24, 2.45) is 23.5 Å². The van der Waals surface area contributed by atoms with Gasteiger partial charge in [0.2, 0.25) is 0 Å². The van der Waals surface area contributed by atoms with Crippen molar-refractivity contribution in [1.82, 2.24) is 0 Å². The molecule has 0 aromatic heterocycles. The van der Waals surface area contributed by atoms with Gasteiger partial charge >= 0.3 is 5.97 Å². The van der Waals surface area contributed by atoms with Gasteiger partial charge < -0.3 is 10.5 Å². The molecule has 1 aromatic rings. The minimum absolute atomic E-state index is 0.121. The second kappa shape index (κ2) is 10.5. The van der Waals surface area contributed by atoms with Crippen molar-refractivity contribution in [2.75, 3.05) is 13.2 Å². The Hall–Kier alpha value is -1.68. The monoisotopic (exact) mass is 359 g/mol. The van der Waals surface area contributed by atoms with Crippen LogP contribution in [0.25, 0.3) is 0 Å². The molecule has 0 saturated heterocycles. The molecule has 2 rings (SSSR count). The van der Waals surface area contributed by atoms with E-state index in [9.17, 15) is 9.59 Å². The molecular weight excluding hydrogens is 326 g/mol. The van der Waals surface area contributed by atoms with Gasteiger partial charge in [-0.2, -0.15) is 0 Å². The van der Waals surface area contributed by atoms with Crippen molar-refractivity contribution in [3.8, 4) is 0 Å². The molecule has 0 spiro atoms. The summed E-state index contributed by atoms with van der Waals surface area (Å²) in [6.45, 7) is 5.23. The van der Waals surface area contributed by atoms with E-state index in [2.05, 4.69) is 6.92 Å². The largest absolute Gasteiger partial charge is 0.465 e. The van der Waals surface area contributed by atoms with Gasteiger partial charge in [-0.25, -0.2) is 0 Å². The number of ketones is 1. The second-order valence-electron chi connectivity index (χ2n) is 7.76. The Morgan fingerprint density at radius 2 is 1.81 bits per heavy atom. The fourth-order valence-electron chi connectivity index (χ4n) is 3.67. The summed E-state index contributed by atoms with van der Waals surface area (Å²) in [5, 5.41) is 0. The van der Waals surface area contributed by atoms with Gasteiger partial charge in [0.15, 0.2) is 5.78 Å². The molecular formula is C22H33NO3. The molecule has 0 bridgehead atoms. The highest BCUT2D eigenvalue weighted by Gasteiger charge is 2.26. The normalized spacial score (nSPS) is 21.2. The van der Waals surface area contributed by atoms with Crippen LogP contribution in [-0.4, -0.2) is 24.9 Å². The average Bonchev–Trinajstić information content (AvgIpc) is 2.67. The summed E-state index contributed by atoms with van der Waals surface area (Å²) >= 11 is 0. The SMILES string of the molecule is CCCC(=O)OCC(C)Cc1ccc(C(=O)C2CCC(CN)CC2)cc1. The summed E-state index contributed by atoms with van der Waals surface area (Å²) in [7, 11) is 0. The lowest BCUT2D eigenvalue weighted by Gasteiger charge is -2.26. The van der Waals surface area contributed by atoms with Crippen LogP contribution in [-0.2, 0) is 16.0 Å². The summed E-state index contributed by atoms with van der Waals surface area (Å²) in [4.78, 5) is 24.1. The second-order valence-corrected chi connectivity index (χ2v) is 7.76. The van der Waals surface area contributed by atoms with Crippen LogP contribution in [0.15, 0.2) is 24.3 Å². The molecule has 0 radical (unpaired) electrons. The molecule has 1 saturated carbocycles. The van der Waals surface area contributed by atoms with E-state index in [-0.39, 0.29) is 23.6 Å². The van der Waals surface area contributed by atoms with E-state index in [4.69, 9.17) is 10.5 Å². The Kier molecular flexibility index (Phi) is 8.30. The number of benzene rings is 1. The van der Waals surface area contributed by atoms with Gasteiger partial charge in [-0.3, -0.25) is 9.59 Å². The summed E-state index contributed by atoms with van der Waals surface area (Å²) in [5.41, 5.74) is 7.72. The zero-order valence-corrected chi connectivity index (χ0v) is 16.2. The zero-order chi connectivity index (χ0) is 18.9. The van der Waals surface area contributed by atoms with Gasteiger partial charge in [0.05, 0.1) is 6.61 Å². The minimum atomic E-state index is -0.121. The standard InChI is InChI=1S/C22H33NO3/c1-3-4-21(24)26-15-16(2)13-17-5-9-19(10-6-17)22(25)20-11-7-18(14-23)8-12-20/h5-6,9-10,16,18,20H,3-4,7-8,11-15,23H2,1-2H3. The maximum atomic E-state index is 12.7. The predicted molar refractivity (Wildman–Crippen MR) is 104 cm³/mol. The van der Waals surface area contributed by atoms with Gasteiger partial charge in [0, 0.05) is 17.9 Å². The molecule has 1 fully saturated rings. The van der Waals surface area contributed by atoms with Crippen LogP contribution in [0.2, 0.25) is 0 Å². The van der Waals surface area contributed by atoms with Crippen molar-refractivity contribution in [3.05, 3.63) is 35.4 Å². The number of nitrogens with two attached hydrogens (primary N) is 1. The van der Waals surface area contributed by atoms with Crippen LogP contribution in [0.4, 0.5) is 0 Å². The number of ether oxygens (including phenoxy) is 1. The molecule has 144 valence electrons. The number of hydrogen-bond donors (Lipinski definition) is 1. The molecule has 1 atom stereocenters. The van der Waals surface area contributed by atoms with E-state index < -0.39 is 0 Å². The van der Waals surface area contributed by atoms with Crippen LogP contribution in [0.1, 0.15) is 68.3 Å². The van der Waals surface area contributed by atoms with Crippen LogP contribution in [0, 0.1) is 17.8 Å². The molecule has 1 aromatic carbocycles. The van der Waals surface area contributed by atoms with E-state index in [1.165, 1.54) is 5.56 Å². The van der Waals surface area contributed by atoms with Crippen molar-refractivity contribution in [2.45, 2.75) is 58.8 Å². The summed E-state index contributed by atoms with van der Waals surface area (Å²) < 4.78 is 5.27. The highest BCUT2D eigenvalue weighted by atomic mass is 16.5. The van der Waals surface area contributed by atoms with Crippen LogP contribution < -0.4 is 5.73 Å². The van der Waals surface area contributed by atoms with Crippen LogP contribution in [0.5, 0.6) is 0 Å². The molecule has 0 heterocycles. The van der Waals surface area contributed by atoms with E-state index in [0.717, 1.165) is 50.6 Å². The maximum Gasteiger partial charge on any atom is 0.305 e. The third kappa shape index (κ3) is 6.24. The maximum absolute atomic E-state index is 12.7. The average molecular weight is 360 g/mol. The Morgan fingerprint density at radius 1 is 1.15 bits per heavy atom. The number of rotatable bonds is 9. The number of carbonyl (C=O) groups excluding carboxylic acids is 2. The number of carbonyl (C=O) groups is 2. The highest BCUT2D eigenvalue weighted by molar-refractivity contribution is 5.97. The van der Waals surface area contributed by atoms with E-state index in [1.54, 1.807) is 0 Å². The molecule has 1 aliphatic carbocycles. The van der Waals surface area contributed by atoms with Gasteiger partial charge in [-0.1, -0.05) is 38.1 Å². The molecule has 1 aliphatic rings. The number of Topliss-reactive ketones (excluding diaryl/α,β-unsaturated/α-hetero) is 1. The fraction of sp³-hybridized carbons (Fsp3) is 0.636. The molecule has 4 nitrogen and oxygen atoms in total. The number of hydrogen-bond acceptors (Lipinski definition) is 4. The van der Waals surface area contributed by atoms with Gasteiger partial charge in [0.1, 0.15) is 0 Å². The van der Waals surface area contributed by atoms with Crippen LogP contribution >= 0.6 is 0 Å². The Morgan fingerprint density at radius 3 is 2.38 bits per heavy atom. The lowest BCUT2D eigenvalue weighted by atomic mass is 9.78. The molecule has 2 N–H and O–H groups in total. The fourth-order valence-corrected chi connectivity index (χ4v) is 3.67. The van der Waals surface area contributed by atoms with Crippen molar-refractivity contribution in [3.63, 3.8) is 0 Å². The molecule has 0 aliphatic heterocycles. The van der Waals surface area contributed by atoms with Crippen molar-refractivity contribution < 1.29 is 14.3 Å². The van der Waals surface area contributed by atoms with Crippen LogP contribution in [0.3, 0.4) is 0 Å². The Bertz CT molecular complexity index is 574.